The van der Waals surface area contributed by atoms with Crippen LogP contribution < -0.4 is 0 Å². The van der Waals surface area contributed by atoms with Gasteiger partial charge in [-0.3, -0.25) is 9.98 Å². The molecular weight excluding hydrogens is 244 g/mol. The lowest BCUT2D eigenvalue weighted by atomic mass is 9.87. The van der Waals surface area contributed by atoms with Crippen LogP contribution in [0, 0.1) is 5.92 Å². The van der Waals surface area contributed by atoms with Crippen molar-refractivity contribution in [1.82, 2.24) is 0 Å². The topological polar surface area (TPSA) is 24.7 Å². The molecule has 0 aromatic carbocycles. The van der Waals surface area contributed by atoms with E-state index in [9.17, 15) is 0 Å². The Morgan fingerprint density at radius 2 is 1.70 bits per heavy atom. The van der Waals surface area contributed by atoms with Gasteiger partial charge in [0.15, 0.2) is 0 Å². The molecule has 0 spiro atoms. The predicted octanol–water partition coefficient (Wildman–Crippen LogP) is 5.85. The summed E-state index contributed by atoms with van der Waals surface area (Å²) in [5, 5.41) is 0. The molecule has 2 heteroatoms. The maximum Gasteiger partial charge on any atom is 0.0277 e. The first-order valence-corrected chi connectivity index (χ1v) is 7.90. The Bertz CT molecular complexity index is 246. The molecule has 2 nitrogen and oxygen atoms in total. The monoisotopic (exact) mass is 278 g/mol. The molecule has 0 amide bonds. The molecule has 0 N–H and O–H groups in total. The molecule has 20 heavy (non-hydrogen) atoms. The Morgan fingerprint density at radius 1 is 1.10 bits per heavy atom. The van der Waals surface area contributed by atoms with E-state index in [1.807, 2.05) is 0 Å². The van der Waals surface area contributed by atoms with Gasteiger partial charge in [0.1, 0.15) is 0 Å². The Hall–Kier alpha value is -1.18. The fourth-order valence-electron chi connectivity index (χ4n) is 1.84. The number of aliphatic imine (C=N–C) groups is 2. The summed E-state index contributed by atoms with van der Waals surface area (Å²) in [7, 11) is 1.70. The van der Waals surface area contributed by atoms with Crippen molar-refractivity contribution < 1.29 is 0 Å². The summed E-state index contributed by atoms with van der Waals surface area (Å²) in [4.78, 5) is 7.12. The average Bonchev–Trinajstić information content (AvgIpc) is 2.50. The van der Waals surface area contributed by atoms with Crippen molar-refractivity contribution in [2.75, 3.05) is 7.05 Å². The van der Waals surface area contributed by atoms with Crippen LogP contribution in [0.1, 0.15) is 65.2 Å². The Kier molecular flexibility index (Phi) is 21.3. The molecule has 0 heterocycles. The quantitative estimate of drug-likeness (QED) is 0.445. The molecular formula is C18H34N2. The number of hydrogen-bond donors (Lipinski definition) is 0. The van der Waals surface area contributed by atoms with E-state index in [4.69, 9.17) is 0 Å². The van der Waals surface area contributed by atoms with Crippen LogP contribution >= 0.6 is 0 Å². The van der Waals surface area contributed by atoms with Crippen LogP contribution in [0.3, 0.4) is 0 Å². The third-order valence-corrected chi connectivity index (χ3v) is 3.15. The third kappa shape index (κ3) is 19.2. The maximum absolute atomic E-state index is 3.75. The van der Waals surface area contributed by atoms with Crippen molar-refractivity contribution in [2.24, 2.45) is 15.9 Å². The van der Waals surface area contributed by atoms with Crippen molar-refractivity contribution >= 4 is 12.9 Å². The molecule has 1 rings (SSSR count). The summed E-state index contributed by atoms with van der Waals surface area (Å²) in [6, 6.07) is 0. The van der Waals surface area contributed by atoms with Crippen LogP contribution in [0.4, 0.5) is 0 Å². The molecule has 0 saturated heterocycles. The Labute approximate surface area is 126 Å². The van der Waals surface area contributed by atoms with Crippen molar-refractivity contribution in [2.45, 2.75) is 65.2 Å². The summed E-state index contributed by atoms with van der Waals surface area (Å²) in [5.41, 5.74) is 0. The lowest BCUT2D eigenvalue weighted by molar-refractivity contribution is 0.361. The highest BCUT2D eigenvalue weighted by molar-refractivity contribution is 5.70. The van der Waals surface area contributed by atoms with Gasteiger partial charge < -0.3 is 0 Å². The molecule has 0 bridgehead atoms. The Balaban J connectivity index is 0. The molecule has 1 aliphatic rings. The van der Waals surface area contributed by atoms with Crippen LogP contribution in [0.5, 0.6) is 0 Å². The second-order valence-electron chi connectivity index (χ2n) is 4.96. The summed E-state index contributed by atoms with van der Waals surface area (Å²) in [5.74, 6) is 0.983. The summed E-state index contributed by atoms with van der Waals surface area (Å²) < 4.78 is 0. The summed E-state index contributed by atoms with van der Waals surface area (Å²) in [6.07, 6.45) is 18.2. The van der Waals surface area contributed by atoms with Gasteiger partial charge in [0.05, 0.1) is 0 Å². The van der Waals surface area contributed by atoms with Gasteiger partial charge in [-0.1, -0.05) is 64.9 Å². The first-order valence-electron chi connectivity index (χ1n) is 7.90. The molecule has 1 fully saturated rings. The predicted molar refractivity (Wildman–Crippen MR) is 95.1 cm³/mol. The van der Waals surface area contributed by atoms with Gasteiger partial charge in [-0.2, -0.15) is 0 Å². The van der Waals surface area contributed by atoms with Crippen LogP contribution in [0.15, 0.2) is 34.9 Å². The second-order valence-corrected chi connectivity index (χ2v) is 4.96. The van der Waals surface area contributed by atoms with Gasteiger partial charge >= 0.3 is 0 Å². The lowest BCUT2D eigenvalue weighted by Gasteiger charge is -2.19. The number of rotatable bonds is 5. The van der Waals surface area contributed by atoms with E-state index in [0.717, 1.165) is 5.92 Å². The van der Waals surface area contributed by atoms with Gasteiger partial charge in [0.25, 0.3) is 0 Å². The minimum atomic E-state index is 0.983. The molecule has 1 aliphatic carbocycles. The van der Waals surface area contributed by atoms with Crippen molar-refractivity contribution in [1.29, 1.82) is 0 Å². The number of allylic oxidation sites excluding steroid dienone is 2. The molecule has 116 valence electrons. The summed E-state index contributed by atoms with van der Waals surface area (Å²) in [6.45, 7) is 11.3. The average molecular weight is 278 g/mol. The van der Waals surface area contributed by atoms with Crippen LogP contribution in [-0.4, -0.2) is 20.0 Å². The maximum atomic E-state index is 3.75. The largest absolute Gasteiger partial charge is 0.296 e. The van der Waals surface area contributed by atoms with E-state index in [0.29, 0.717) is 0 Å². The van der Waals surface area contributed by atoms with E-state index in [-0.39, 0.29) is 0 Å². The van der Waals surface area contributed by atoms with E-state index in [1.54, 1.807) is 25.5 Å². The number of nitrogens with zero attached hydrogens (tertiary/aromatic N) is 2. The van der Waals surface area contributed by atoms with Crippen LogP contribution in [0.25, 0.3) is 0 Å². The van der Waals surface area contributed by atoms with E-state index in [2.05, 4.69) is 43.2 Å². The summed E-state index contributed by atoms with van der Waals surface area (Å²) >= 11 is 0. The Morgan fingerprint density at radius 3 is 2.10 bits per heavy atom. The van der Waals surface area contributed by atoms with Gasteiger partial charge in [-0.15, -0.1) is 6.58 Å². The number of hydrogen-bond acceptors (Lipinski definition) is 2. The number of unbranched alkanes of at least 4 members (excludes halogenated alkanes) is 1. The lowest BCUT2D eigenvalue weighted by Crippen LogP contribution is -2.04. The molecule has 0 aromatic heterocycles. The molecule has 0 atom stereocenters. The minimum absolute atomic E-state index is 0.983. The van der Waals surface area contributed by atoms with Crippen molar-refractivity contribution in [3.63, 3.8) is 0 Å². The van der Waals surface area contributed by atoms with E-state index >= 15 is 0 Å². The molecule has 1 saturated carbocycles. The zero-order valence-electron chi connectivity index (χ0n) is 13.9. The standard InChI is InChI=1S/C9H16.C5H8N2.C4H10/c1-2-6-9-7-4-3-5-8-9;1-6-4-3-5-7-2;1-3-4-2/h2,9H,1,3-8H2;3-5H,1H2,2H3;3-4H2,1-2H3/b;4-3-,7-5?;. The zero-order chi connectivity index (χ0) is 15.5. The molecule has 0 aromatic rings. The molecule has 0 radical (unpaired) electrons. The molecule has 0 unspecified atom stereocenters. The SMILES string of the molecule is C=CCC1CCCCC1.C=N/C=C\C=NC.CCCC. The first-order chi connectivity index (χ1) is 9.76. The smallest absolute Gasteiger partial charge is 0.0277 e. The highest BCUT2D eigenvalue weighted by Gasteiger charge is 2.10. The van der Waals surface area contributed by atoms with Gasteiger partial charge in [0.2, 0.25) is 0 Å². The fourth-order valence-corrected chi connectivity index (χ4v) is 1.84. The van der Waals surface area contributed by atoms with E-state index < -0.39 is 0 Å². The second kappa shape index (κ2) is 20.1. The molecule has 0 aliphatic heterocycles. The van der Waals surface area contributed by atoms with Crippen LogP contribution in [0.2, 0.25) is 0 Å². The van der Waals surface area contributed by atoms with Crippen molar-refractivity contribution in [3.05, 3.63) is 24.9 Å². The highest BCUT2D eigenvalue weighted by atomic mass is 14.6. The highest BCUT2D eigenvalue weighted by Crippen LogP contribution is 2.25. The first kappa shape index (κ1) is 21.1. The van der Waals surface area contributed by atoms with E-state index in [1.165, 1.54) is 51.4 Å². The van der Waals surface area contributed by atoms with Crippen molar-refractivity contribution in [3.8, 4) is 0 Å². The minimum Gasteiger partial charge on any atom is -0.296 e. The van der Waals surface area contributed by atoms with Gasteiger partial charge in [-0.25, -0.2) is 0 Å². The zero-order valence-corrected chi connectivity index (χ0v) is 13.9. The third-order valence-electron chi connectivity index (χ3n) is 3.15. The van der Waals surface area contributed by atoms with Crippen LogP contribution in [-0.2, 0) is 0 Å². The van der Waals surface area contributed by atoms with Gasteiger partial charge in [-0.05, 0) is 25.1 Å². The normalized spacial score (nSPS) is 15.2. The van der Waals surface area contributed by atoms with Gasteiger partial charge in [0, 0.05) is 19.5 Å². The fraction of sp³-hybridized carbons (Fsp3) is 0.667.